The van der Waals surface area contributed by atoms with Gasteiger partial charge in [0.15, 0.2) is 0 Å². The summed E-state index contributed by atoms with van der Waals surface area (Å²) in [7, 11) is 0. The van der Waals surface area contributed by atoms with Crippen LogP contribution in [0.25, 0.3) is 0 Å². The van der Waals surface area contributed by atoms with Crippen LogP contribution in [-0.4, -0.2) is 42.6 Å². The first-order valence-electron chi connectivity index (χ1n) is 7.94. The molecule has 2 aliphatic rings. The van der Waals surface area contributed by atoms with Crippen molar-refractivity contribution in [3.8, 4) is 0 Å². The lowest BCUT2D eigenvalue weighted by Gasteiger charge is -2.11. The number of ether oxygens (including phenoxy) is 1. The van der Waals surface area contributed by atoms with Gasteiger partial charge in [-0.2, -0.15) is 0 Å². The Balaban J connectivity index is 1.67. The summed E-state index contributed by atoms with van der Waals surface area (Å²) in [5.74, 6) is -0.260. The number of Topliss-reactive ketones (excluding diaryl/α,β-unsaturated/α-hetero) is 1. The fourth-order valence-corrected chi connectivity index (χ4v) is 2.52. The fraction of sp³-hybridized carbons (Fsp3) is 0.625. The zero-order valence-electron chi connectivity index (χ0n) is 13.3. The van der Waals surface area contributed by atoms with E-state index in [9.17, 15) is 14.4 Å². The second kappa shape index (κ2) is 8.45. The predicted molar refractivity (Wildman–Crippen MR) is 82.7 cm³/mol. The molecule has 126 valence electrons. The van der Waals surface area contributed by atoms with Crippen molar-refractivity contribution in [1.82, 2.24) is 5.32 Å². The highest BCUT2D eigenvalue weighted by Gasteiger charge is 2.27. The number of nitrogens with one attached hydrogen (secondary N) is 1. The van der Waals surface area contributed by atoms with E-state index in [0.717, 1.165) is 11.3 Å². The van der Waals surface area contributed by atoms with Gasteiger partial charge in [0.1, 0.15) is 11.9 Å². The van der Waals surface area contributed by atoms with Gasteiger partial charge in [0.2, 0.25) is 5.91 Å². The lowest BCUT2D eigenvalue weighted by molar-refractivity contribution is -0.143. The highest BCUT2D eigenvalue weighted by atomic mass is 16.6. The van der Waals surface area contributed by atoms with Crippen molar-refractivity contribution < 1.29 is 24.0 Å². The number of ketones is 1. The monoisotopic (exact) mass is 322 g/mol. The van der Waals surface area contributed by atoms with E-state index in [4.69, 9.17) is 9.57 Å². The number of amides is 1. The van der Waals surface area contributed by atoms with E-state index in [1.807, 2.05) is 6.08 Å². The summed E-state index contributed by atoms with van der Waals surface area (Å²) in [5.41, 5.74) is 1.89. The number of esters is 1. The average molecular weight is 322 g/mol. The summed E-state index contributed by atoms with van der Waals surface area (Å²) in [5, 5.41) is 6.70. The molecule has 1 unspecified atom stereocenters. The standard InChI is InChI=1S/C16H22N2O5/c1-2-22-16(21)7-8-17-15(20)10-13-9-14(18-23-13)11-3-5-12(19)6-4-11/h3,13H,2,4-10H2,1H3,(H,17,20). The van der Waals surface area contributed by atoms with Crippen molar-refractivity contribution in [2.24, 2.45) is 5.16 Å². The molecule has 23 heavy (non-hydrogen) atoms. The third kappa shape index (κ3) is 5.50. The van der Waals surface area contributed by atoms with Crippen LogP contribution in [0, 0.1) is 0 Å². The smallest absolute Gasteiger partial charge is 0.307 e. The first-order chi connectivity index (χ1) is 11.1. The number of oxime groups is 1. The second-order valence-electron chi connectivity index (χ2n) is 5.55. The lowest BCUT2D eigenvalue weighted by atomic mass is 9.92. The second-order valence-corrected chi connectivity index (χ2v) is 5.55. The van der Waals surface area contributed by atoms with Gasteiger partial charge in [0.25, 0.3) is 0 Å². The first kappa shape index (κ1) is 17.2. The van der Waals surface area contributed by atoms with Crippen LogP contribution in [-0.2, 0) is 24.0 Å². The molecular formula is C16H22N2O5. The summed E-state index contributed by atoms with van der Waals surface area (Å²) in [4.78, 5) is 39.5. The van der Waals surface area contributed by atoms with E-state index in [1.165, 1.54) is 0 Å². The Labute approximate surface area is 135 Å². The van der Waals surface area contributed by atoms with Gasteiger partial charge < -0.3 is 14.9 Å². The van der Waals surface area contributed by atoms with Gasteiger partial charge in [0.05, 0.1) is 25.2 Å². The molecule has 0 saturated heterocycles. The molecule has 0 aromatic rings. The number of hydrogen-bond donors (Lipinski definition) is 1. The molecular weight excluding hydrogens is 300 g/mol. The molecule has 1 atom stereocenters. The zero-order valence-corrected chi connectivity index (χ0v) is 13.3. The summed E-state index contributed by atoms with van der Waals surface area (Å²) in [6.45, 7) is 2.33. The van der Waals surface area contributed by atoms with Crippen LogP contribution in [0.5, 0.6) is 0 Å². The molecule has 2 rings (SSSR count). The molecule has 0 aromatic heterocycles. The van der Waals surface area contributed by atoms with Gasteiger partial charge in [-0.1, -0.05) is 11.2 Å². The number of allylic oxidation sites excluding steroid dienone is 2. The maximum absolute atomic E-state index is 11.8. The molecule has 0 saturated carbocycles. The number of carbonyl (C=O) groups excluding carboxylic acids is 3. The molecule has 1 N–H and O–H groups in total. The van der Waals surface area contributed by atoms with Crippen LogP contribution in [0.2, 0.25) is 0 Å². The predicted octanol–water partition coefficient (Wildman–Crippen LogP) is 1.27. The third-order valence-corrected chi connectivity index (χ3v) is 3.72. The quantitative estimate of drug-likeness (QED) is 0.712. The molecule has 7 nitrogen and oxygen atoms in total. The van der Waals surface area contributed by atoms with E-state index in [-0.39, 0.29) is 43.2 Å². The van der Waals surface area contributed by atoms with Gasteiger partial charge in [-0.15, -0.1) is 0 Å². The van der Waals surface area contributed by atoms with Gasteiger partial charge in [-0.25, -0.2) is 0 Å². The Morgan fingerprint density at radius 3 is 2.96 bits per heavy atom. The van der Waals surface area contributed by atoms with Crippen molar-refractivity contribution in [2.45, 2.75) is 51.6 Å². The number of carbonyl (C=O) groups is 3. The molecule has 0 fully saturated rings. The zero-order chi connectivity index (χ0) is 16.7. The lowest BCUT2D eigenvalue weighted by Crippen LogP contribution is -2.29. The minimum Gasteiger partial charge on any atom is -0.466 e. The van der Waals surface area contributed by atoms with Crippen LogP contribution < -0.4 is 5.32 Å². The third-order valence-electron chi connectivity index (χ3n) is 3.72. The van der Waals surface area contributed by atoms with Crippen molar-refractivity contribution in [2.75, 3.05) is 13.2 Å². The van der Waals surface area contributed by atoms with E-state index in [1.54, 1.807) is 6.92 Å². The molecule has 0 aromatic carbocycles. The Hall–Kier alpha value is -2.18. The number of rotatable bonds is 7. The van der Waals surface area contributed by atoms with Crippen molar-refractivity contribution in [1.29, 1.82) is 0 Å². The molecule has 1 aliphatic heterocycles. The van der Waals surface area contributed by atoms with Crippen LogP contribution in [0.4, 0.5) is 0 Å². The van der Waals surface area contributed by atoms with Crippen LogP contribution >= 0.6 is 0 Å². The molecule has 0 bridgehead atoms. The number of nitrogens with zero attached hydrogens (tertiary/aromatic N) is 1. The van der Waals surface area contributed by atoms with E-state index in [2.05, 4.69) is 10.5 Å². The number of hydrogen-bond acceptors (Lipinski definition) is 6. The molecule has 1 amide bonds. The van der Waals surface area contributed by atoms with E-state index >= 15 is 0 Å². The van der Waals surface area contributed by atoms with E-state index < -0.39 is 0 Å². The molecule has 1 aliphatic carbocycles. The highest BCUT2D eigenvalue weighted by Crippen LogP contribution is 2.24. The van der Waals surface area contributed by atoms with Gasteiger partial charge in [-0.3, -0.25) is 14.4 Å². The topological polar surface area (TPSA) is 94.1 Å². The Morgan fingerprint density at radius 1 is 1.43 bits per heavy atom. The molecule has 0 spiro atoms. The summed E-state index contributed by atoms with van der Waals surface area (Å²) in [6.07, 6.45) is 4.24. The SMILES string of the molecule is CCOC(=O)CCNC(=O)CC1CC(C2=CCC(=O)CC2)=NO1. The molecule has 1 heterocycles. The molecule has 7 heteroatoms. The summed E-state index contributed by atoms with van der Waals surface area (Å²) in [6, 6.07) is 0. The van der Waals surface area contributed by atoms with E-state index in [0.29, 0.717) is 32.3 Å². The van der Waals surface area contributed by atoms with Crippen molar-refractivity contribution in [3.05, 3.63) is 11.6 Å². The van der Waals surface area contributed by atoms with Gasteiger partial charge in [0, 0.05) is 25.8 Å². The largest absolute Gasteiger partial charge is 0.466 e. The maximum Gasteiger partial charge on any atom is 0.307 e. The normalized spacial score (nSPS) is 20.4. The van der Waals surface area contributed by atoms with Crippen LogP contribution in [0.3, 0.4) is 0 Å². The van der Waals surface area contributed by atoms with Gasteiger partial charge in [-0.05, 0) is 18.9 Å². The highest BCUT2D eigenvalue weighted by molar-refractivity contribution is 6.03. The Morgan fingerprint density at radius 2 is 2.26 bits per heavy atom. The van der Waals surface area contributed by atoms with Gasteiger partial charge >= 0.3 is 5.97 Å². The summed E-state index contributed by atoms with van der Waals surface area (Å²) >= 11 is 0. The fourth-order valence-electron chi connectivity index (χ4n) is 2.52. The first-order valence-corrected chi connectivity index (χ1v) is 7.94. The van der Waals surface area contributed by atoms with Crippen molar-refractivity contribution >= 4 is 23.4 Å². The maximum atomic E-state index is 11.8. The molecule has 0 radical (unpaired) electrons. The minimum atomic E-state index is -0.325. The minimum absolute atomic E-state index is 0.160. The Bertz CT molecular complexity index is 539. The van der Waals surface area contributed by atoms with Crippen LogP contribution in [0.15, 0.2) is 16.8 Å². The Kier molecular flexibility index (Phi) is 6.31. The van der Waals surface area contributed by atoms with Crippen LogP contribution in [0.1, 0.15) is 45.4 Å². The summed E-state index contributed by atoms with van der Waals surface area (Å²) < 4.78 is 4.78. The van der Waals surface area contributed by atoms with Crippen molar-refractivity contribution in [3.63, 3.8) is 0 Å². The average Bonchev–Trinajstić information content (AvgIpc) is 2.96.